The van der Waals surface area contributed by atoms with Crippen LogP contribution in [0.3, 0.4) is 0 Å². The van der Waals surface area contributed by atoms with Gasteiger partial charge in [-0.15, -0.1) is 0 Å². The largest absolute Gasteiger partial charge is 0.325 e. The van der Waals surface area contributed by atoms with Crippen LogP contribution in [0.4, 0.5) is 5.69 Å². The smallest absolute Gasteiger partial charge is 0.234 e. The zero-order valence-electron chi connectivity index (χ0n) is 16.4. The number of thioether (sulfide) groups is 1. The molecule has 1 amide bonds. The zero-order chi connectivity index (χ0) is 22.0. The molecule has 0 radical (unpaired) electrons. The minimum atomic E-state index is -0.428. The molecule has 1 aliphatic heterocycles. The molecule has 0 saturated heterocycles. The SMILES string of the molecule is O=C(CSC1=NC2(CCCCC2)N=C1c1ccc(Cl)c(Cl)c1)Nc1ccc(Cl)c(Cl)c1. The molecule has 2 aliphatic rings. The maximum Gasteiger partial charge on any atom is 0.234 e. The number of benzene rings is 2. The van der Waals surface area contributed by atoms with Crippen molar-refractivity contribution in [1.29, 1.82) is 0 Å². The second kappa shape index (κ2) is 9.72. The molecular weight excluding hydrogens is 496 g/mol. The average molecular weight is 515 g/mol. The highest BCUT2D eigenvalue weighted by Gasteiger charge is 2.38. The van der Waals surface area contributed by atoms with Gasteiger partial charge in [0.05, 0.1) is 31.6 Å². The van der Waals surface area contributed by atoms with Crippen LogP contribution in [-0.2, 0) is 4.79 Å². The summed E-state index contributed by atoms with van der Waals surface area (Å²) < 4.78 is 0. The van der Waals surface area contributed by atoms with Crippen LogP contribution in [0.25, 0.3) is 0 Å². The molecule has 162 valence electrons. The first-order chi connectivity index (χ1) is 14.8. The predicted molar refractivity (Wildman–Crippen MR) is 134 cm³/mol. The van der Waals surface area contributed by atoms with E-state index in [4.69, 9.17) is 56.4 Å². The summed E-state index contributed by atoms with van der Waals surface area (Å²) in [6.45, 7) is 0. The van der Waals surface area contributed by atoms with Gasteiger partial charge in [0.25, 0.3) is 0 Å². The molecule has 0 bridgehead atoms. The summed E-state index contributed by atoms with van der Waals surface area (Å²) in [6.07, 6.45) is 5.22. The molecule has 1 fully saturated rings. The molecule has 0 atom stereocenters. The van der Waals surface area contributed by atoms with Gasteiger partial charge >= 0.3 is 0 Å². The quantitative estimate of drug-likeness (QED) is 0.458. The van der Waals surface area contributed by atoms with Crippen molar-refractivity contribution in [2.45, 2.75) is 37.8 Å². The number of hydrogen-bond donors (Lipinski definition) is 1. The first kappa shape index (κ1) is 22.9. The summed E-state index contributed by atoms with van der Waals surface area (Å²) in [5.74, 6) is 0.0272. The fourth-order valence-electron chi connectivity index (χ4n) is 3.70. The number of halogens is 4. The Morgan fingerprint density at radius 2 is 1.58 bits per heavy atom. The number of nitrogens with zero attached hydrogens (tertiary/aromatic N) is 2. The highest BCUT2D eigenvalue weighted by atomic mass is 35.5. The fraction of sp³-hybridized carbons (Fsp3) is 0.318. The number of hydrogen-bond acceptors (Lipinski definition) is 4. The summed E-state index contributed by atoms with van der Waals surface area (Å²) >= 11 is 25.7. The van der Waals surface area contributed by atoms with Crippen molar-refractivity contribution in [3.05, 3.63) is 62.1 Å². The molecule has 1 spiro atoms. The number of rotatable bonds is 4. The lowest BCUT2D eigenvalue weighted by Gasteiger charge is -2.27. The number of nitrogens with one attached hydrogen (secondary N) is 1. The van der Waals surface area contributed by atoms with E-state index >= 15 is 0 Å². The Morgan fingerprint density at radius 3 is 2.26 bits per heavy atom. The van der Waals surface area contributed by atoms with Gasteiger partial charge in [-0.1, -0.05) is 70.7 Å². The van der Waals surface area contributed by atoms with E-state index in [0.717, 1.165) is 42.0 Å². The highest BCUT2D eigenvalue weighted by molar-refractivity contribution is 8.16. The van der Waals surface area contributed by atoms with Crippen molar-refractivity contribution >= 4 is 80.5 Å². The van der Waals surface area contributed by atoms with E-state index in [0.29, 0.717) is 25.8 Å². The second-order valence-electron chi connectivity index (χ2n) is 7.52. The molecular formula is C22H19Cl4N3OS. The van der Waals surface area contributed by atoms with Gasteiger partial charge < -0.3 is 5.32 Å². The Kier molecular flexibility index (Phi) is 7.19. The van der Waals surface area contributed by atoms with Gasteiger partial charge in [0, 0.05) is 11.3 Å². The Bertz CT molecular complexity index is 1080. The first-order valence-electron chi connectivity index (χ1n) is 9.88. The lowest BCUT2D eigenvalue weighted by molar-refractivity contribution is -0.113. The first-order valence-corrected chi connectivity index (χ1v) is 12.4. The number of aliphatic imine (C=N–C) groups is 2. The minimum absolute atomic E-state index is 0.163. The number of carbonyl (C=O) groups is 1. The van der Waals surface area contributed by atoms with Crippen molar-refractivity contribution in [3.8, 4) is 0 Å². The normalized spacial score (nSPS) is 17.4. The number of amides is 1. The molecule has 1 aliphatic carbocycles. The Morgan fingerprint density at radius 1 is 0.903 bits per heavy atom. The van der Waals surface area contributed by atoms with Crippen LogP contribution in [0.5, 0.6) is 0 Å². The molecule has 1 N–H and O–H groups in total. The standard InChI is InChI=1S/C22H19Cl4N3OS/c23-15-6-4-13(10-17(15)25)20-21(29-22(28-20)8-2-1-3-9-22)31-12-19(30)27-14-5-7-16(24)18(26)11-14/h4-7,10-11H,1-3,8-9,12H2,(H,27,30). The number of carbonyl (C=O) groups excluding carboxylic acids is 1. The van der Waals surface area contributed by atoms with E-state index in [-0.39, 0.29) is 11.7 Å². The van der Waals surface area contributed by atoms with Crippen molar-refractivity contribution in [2.75, 3.05) is 11.1 Å². The van der Waals surface area contributed by atoms with Crippen LogP contribution in [0.1, 0.15) is 37.7 Å². The lowest BCUT2D eigenvalue weighted by atomic mass is 9.90. The van der Waals surface area contributed by atoms with Crippen molar-refractivity contribution in [1.82, 2.24) is 0 Å². The third kappa shape index (κ3) is 5.40. The summed E-state index contributed by atoms with van der Waals surface area (Å²) in [5.41, 5.74) is 1.79. The van der Waals surface area contributed by atoms with E-state index < -0.39 is 5.66 Å². The van der Waals surface area contributed by atoms with Gasteiger partial charge in [-0.05, 0) is 56.0 Å². The van der Waals surface area contributed by atoms with Gasteiger partial charge in [-0.2, -0.15) is 0 Å². The van der Waals surface area contributed by atoms with Gasteiger partial charge in [0.2, 0.25) is 5.91 Å². The molecule has 1 heterocycles. The topological polar surface area (TPSA) is 53.8 Å². The Hall–Kier alpha value is -1.24. The van der Waals surface area contributed by atoms with E-state index in [1.807, 2.05) is 6.07 Å². The third-order valence-corrected chi connectivity index (χ3v) is 7.67. The third-order valence-electron chi connectivity index (χ3n) is 5.22. The molecule has 1 saturated carbocycles. The second-order valence-corrected chi connectivity index (χ2v) is 10.1. The Labute approximate surface area is 205 Å². The van der Waals surface area contributed by atoms with Gasteiger partial charge in [0.15, 0.2) is 5.66 Å². The van der Waals surface area contributed by atoms with E-state index in [9.17, 15) is 4.79 Å². The van der Waals surface area contributed by atoms with Crippen LogP contribution < -0.4 is 5.32 Å². The summed E-state index contributed by atoms with van der Waals surface area (Å²) in [4.78, 5) is 22.5. The van der Waals surface area contributed by atoms with E-state index in [1.54, 1.807) is 30.3 Å². The van der Waals surface area contributed by atoms with E-state index in [1.165, 1.54) is 18.2 Å². The average Bonchev–Trinajstić information content (AvgIpc) is 3.09. The molecule has 2 aromatic rings. The van der Waals surface area contributed by atoms with Crippen LogP contribution in [0.2, 0.25) is 20.1 Å². The number of anilines is 1. The summed E-state index contributed by atoms with van der Waals surface area (Å²) in [6, 6.07) is 10.4. The summed E-state index contributed by atoms with van der Waals surface area (Å²) in [7, 11) is 0. The monoisotopic (exact) mass is 513 g/mol. The van der Waals surface area contributed by atoms with Crippen LogP contribution in [-0.4, -0.2) is 28.1 Å². The molecule has 4 nitrogen and oxygen atoms in total. The maximum absolute atomic E-state index is 12.5. The van der Waals surface area contributed by atoms with Gasteiger partial charge in [-0.25, -0.2) is 4.99 Å². The highest BCUT2D eigenvalue weighted by Crippen LogP contribution is 2.39. The zero-order valence-corrected chi connectivity index (χ0v) is 20.3. The van der Waals surface area contributed by atoms with Crippen molar-refractivity contribution < 1.29 is 4.79 Å². The Balaban J connectivity index is 1.52. The maximum atomic E-state index is 12.5. The van der Waals surface area contributed by atoms with Crippen LogP contribution >= 0.6 is 58.2 Å². The molecule has 31 heavy (non-hydrogen) atoms. The molecule has 0 unspecified atom stereocenters. The fourth-order valence-corrected chi connectivity index (χ4v) is 5.17. The van der Waals surface area contributed by atoms with Crippen molar-refractivity contribution in [2.24, 2.45) is 9.98 Å². The van der Waals surface area contributed by atoms with Gasteiger partial charge in [0.1, 0.15) is 5.04 Å². The minimum Gasteiger partial charge on any atom is -0.325 e. The molecule has 4 rings (SSSR count). The lowest BCUT2D eigenvalue weighted by Crippen LogP contribution is -2.25. The van der Waals surface area contributed by atoms with Crippen molar-refractivity contribution in [3.63, 3.8) is 0 Å². The molecule has 2 aromatic carbocycles. The predicted octanol–water partition coefficient (Wildman–Crippen LogP) is 7.53. The van der Waals surface area contributed by atoms with Crippen LogP contribution in [0, 0.1) is 0 Å². The molecule has 9 heteroatoms. The van der Waals surface area contributed by atoms with E-state index in [2.05, 4.69) is 5.32 Å². The molecule has 0 aromatic heterocycles. The van der Waals surface area contributed by atoms with Gasteiger partial charge in [-0.3, -0.25) is 9.79 Å². The van der Waals surface area contributed by atoms with Crippen LogP contribution in [0.15, 0.2) is 46.4 Å². The summed E-state index contributed by atoms with van der Waals surface area (Å²) in [5, 5.41) is 5.38.